The maximum absolute atomic E-state index is 13.5. The molecule has 8 nitrogen and oxygen atoms in total. The van der Waals surface area contributed by atoms with Gasteiger partial charge in [-0.25, -0.2) is 4.98 Å². The molecule has 8 heteroatoms. The number of rotatable bonds is 12. The Morgan fingerprint density at radius 1 is 1.20 bits per heavy atom. The number of piperidine rings is 1. The summed E-state index contributed by atoms with van der Waals surface area (Å²) < 4.78 is 5.72. The fourth-order valence-electron chi connectivity index (χ4n) is 6.19. The first-order chi connectivity index (χ1) is 19.3. The van der Waals surface area contributed by atoms with Crippen LogP contribution < -0.4 is 10.1 Å². The minimum absolute atomic E-state index is 0.0943. The molecule has 1 amide bonds. The Kier molecular flexibility index (Phi) is 8.54. The molecule has 1 saturated carbocycles. The minimum Gasteiger partial charge on any atom is -0.496 e. The summed E-state index contributed by atoms with van der Waals surface area (Å²) in [5.74, 6) is 2.04. The van der Waals surface area contributed by atoms with Crippen molar-refractivity contribution in [3.63, 3.8) is 0 Å². The number of hydrogen-bond donors (Lipinski definition) is 2. The van der Waals surface area contributed by atoms with Crippen LogP contribution in [-0.2, 0) is 9.59 Å². The number of ketones is 1. The number of unbranched alkanes of at least 4 members (excludes halogenated alkanes) is 2. The van der Waals surface area contributed by atoms with Crippen LogP contribution in [0, 0.1) is 18.3 Å². The van der Waals surface area contributed by atoms with Crippen molar-refractivity contribution < 1.29 is 14.3 Å². The van der Waals surface area contributed by atoms with Gasteiger partial charge in [0.25, 0.3) is 0 Å². The van der Waals surface area contributed by atoms with Gasteiger partial charge >= 0.3 is 0 Å². The number of fused-ring (bicyclic) bond motifs is 1. The van der Waals surface area contributed by atoms with Crippen LogP contribution in [0.4, 0.5) is 0 Å². The number of benzene rings is 1. The predicted molar refractivity (Wildman–Crippen MR) is 157 cm³/mol. The molecule has 2 aromatic heterocycles. The lowest BCUT2D eigenvalue weighted by atomic mass is 9.91. The first-order valence-electron chi connectivity index (χ1n) is 14.8. The summed E-state index contributed by atoms with van der Waals surface area (Å²) in [5, 5.41) is 4.39. The number of methoxy groups -OCH3 is 1. The lowest BCUT2D eigenvalue weighted by molar-refractivity contribution is -0.124. The molecular formula is C32H43N5O3. The third kappa shape index (κ3) is 6.22. The van der Waals surface area contributed by atoms with E-state index in [1.54, 1.807) is 7.11 Å². The van der Waals surface area contributed by atoms with Crippen molar-refractivity contribution in [1.82, 2.24) is 25.2 Å². The minimum atomic E-state index is -0.206. The van der Waals surface area contributed by atoms with E-state index in [0.29, 0.717) is 18.6 Å². The maximum atomic E-state index is 13.5. The van der Waals surface area contributed by atoms with Gasteiger partial charge in [0.2, 0.25) is 5.91 Å². The van der Waals surface area contributed by atoms with Gasteiger partial charge in [-0.2, -0.15) is 0 Å². The van der Waals surface area contributed by atoms with E-state index in [1.165, 1.54) is 0 Å². The summed E-state index contributed by atoms with van der Waals surface area (Å²) >= 11 is 0. The summed E-state index contributed by atoms with van der Waals surface area (Å²) in [4.78, 5) is 40.4. The van der Waals surface area contributed by atoms with E-state index >= 15 is 0 Å². The highest BCUT2D eigenvalue weighted by molar-refractivity contribution is 5.87. The van der Waals surface area contributed by atoms with Crippen LogP contribution in [0.25, 0.3) is 22.2 Å². The number of ether oxygens (including phenoxy) is 1. The normalized spacial score (nSPS) is 19.1. The lowest BCUT2D eigenvalue weighted by Crippen LogP contribution is -2.36. The average molecular weight is 546 g/mol. The Morgan fingerprint density at radius 3 is 2.75 bits per heavy atom. The SMILES string of the molecule is CCC(=O)CCCCC[C@H](NC(=O)[C@H]1CC12CCN(C)CC2)c1ncc(-c2cc3ccc(C)nc3cc2OC)[nH]1. The second-order valence-corrected chi connectivity index (χ2v) is 11.9. The zero-order valence-corrected chi connectivity index (χ0v) is 24.4. The van der Waals surface area contributed by atoms with Gasteiger partial charge < -0.3 is 19.9 Å². The van der Waals surface area contributed by atoms with Crippen molar-refractivity contribution in [3.05, 3.63) is 42.0 Å². The second kappa shape index (κ2) is 12.1. The molecule has 1 saturated heterocycles. The number of H-pyrrole nitrogens is 1. The van der Waals surface area contributed by atoms with Gasteiger partial charge in [-0.1, -0.05) is 25.8 Å². The molecule has 0 unspecified atom stereocenters. The maximum Gasteiger partial charge on any atom is 0.224 e. The molecule has 1 aromatic carbocycles. The second-order valence-electron chi connectivity index (χ2n) is 11.9. The number of aromatic nitrogens is 3. The number of nitrogens with zero attached hydrogens (tertiary/aromatic N) is 3. The molecule has 0 radical (unpaired) electrons. The number of likely N-dealkylation sites (tertiary alicyclic amines) is 1. The molecular weight excluding hydrogens is 502 g/mol. The van der Waals surface area contributed by atoms with E-state index in [-0.39, 0.29) is 23.3 Å². The van der Waals surface area contributed by atoms with E-state index in [1.807, 2.05) is 32.2 Å². The van der Waals surface area contributed by atoms with Crippen LogP contribution in [0.15, 0.2) is 30.5 Å². The highest BCUT2D eigenvalue weighted by Gasteiger charge is 2.58. The summed E-state index contributed by atoms with van der Waals surface area (Å²) in [7, 11) is 3.82. The number of imidazole rings is 1. The topological polar surface area (TPSA) is 100 Å². The van der Waals surface area contributed by atoms with Crippen LogP contribution in [0.3, 0.4) is 0 Å². The first-order valence-corrected chi connectivity index (χ1v) is 14.8. The number of hydrogen-bond acceptors (Lipinski definition) is 6. The Morgan fingerprint density at radius 2 is 2.00 bits per heavy atom. The third-order valence-electron chi connectivity index (χ3n) is 9.01. The number of aryl methyl sites for hydroxylation is 1. The molecule has 214 valence electrons. The van der Waals surface area contributed by atoms with Crippen molar-refractivity contribution in [1.29, 1.82) is 0 Å². The molecule has 1 aliphatic carbocycles. The lowest BCUT2D eigenvalue weighted by Gasteiger charge is -2.30. The van der Waals surface area contributed by atoms with Crippen LogP contribution >= 0.6 is 0 Å². The summed E-state index contributed by atoms with van der Waals surface area (Å²) in [6.45, 7) is 6.02. The van der Waals surface area contributed by atoms with Gasteiger partial charge in [0, 0.05) is 41.5 Å². The average Bonchev–Trinajstić information content (AvgIpc) is 3.44. The molecule has 1 aliphatic heterocycles. The number of carbonyl (C=O) groups excluding carboxylic acids is 2. The van der Waals surface area contributed by atoms with Crippen LogP contribution in [0.2, 0.25) is 0 Å². The highest BCUT2D eigenvalue weighted by atomic mass is 16.5. The highest BCUT2D eigenvalue weighted by Crippen LogP contribution is 2.59. The number of aromatic amines is 1. The molecule has 3 aromatic rings. The van der Waals surface area contributed by atoms with Crippen LogP contribution in [-0.4, -0.2) is 58.8 Å². The van der Waals surface area contributed by atoms with Crippen molar-refractivity contribution in [2.24, 2.45) is 11.3 Å². The van der Waals surface area contributed by atoms with Crippen molar-refractivity contribution in [2.75, 3.05) is 27.2 Å². The van der Waals surface area contributed by atoms with E-state index in [9.17, 15) is 9.59 Å². The molecule has 1 spiro atoms. The van der Waals surface area contributed by atoms with Crippen molar-refractivity contribution in [2.45, 2.75) is 77.7 Å². The van der Waals surface area contributed by atoms with Gasteiger partial charge in [0.05, 0.1) is 30.6 Å². The molecule has 0 bridgehead atoms. The van der Waals surface area contributed by atoms with Crippen LogP contribution in [0.5, 0.6) is 5.75 Å². The van der Waals surface area contributed by atoms with Gasteiger partial charge in [-0.15, -0.1) is 0 Å². The molecule has 2 atom stereocenters. The van der Waals surface area contributed by atoms with Crippen molar-refractivity contribution in [3.8, 4) is 17.0 Å². The monoisotopic (exact) mass is 545 g/mol. The molecule has 5 rings (SSSR count). The fourth-order valence-corrected chi connectivity index (χ4v) is 6.19. The number of carbonyl (C=O) groups is 2. The molecule has 3 heterocycles. The number of pyridine rings is 1. The molecule has 2 aliphatic rings. The molecule has 40 heavy (non-hydrogen) atoms. The van der Waals surface area contributed by atoms with Gasteiger partial charge in [-0.3, -0.25) is 14.6 Å². The Balaban J connectivity index is 1.33. The predicted octanol–water partition coefficient (Wildman–Crippen LogP) is 5.76. The zero-order chi connectivity index (χ0) is 28.3. The van der Waals surface area contributed by atoms with E-state index in [4.69, 9.17) is 9.72 Å². The van der Waals surface area contributed by atoms with Gasteiger partial charge in [0.1, 0.15) is 17.4 Å². The largest absolute Gasteiger partial charge is 0.496 e. The first kappa shape index (κ1) is 28.3. The Bertz CT molecular complexity index is 1360. The Labute approximate surface area is 237 Å². The zero-order valence-electron chi connectivity index (χ0n) is 24.4. The quantitative estimate of drug-likeness (QED) is 0.281. The summed E-state index contributed by atoms with van der Waals surface area (Å²) in [6.07, 6.45) is 9.78. The summed E-state index contributed by atoms with van der Waals surface area (Å²) in [6, 6.07) is 7.90. The van der Waals surface area contributed by atoms with E-state index < -0.39 is 0 Å². The standard InChI is InChI=1S/C32H43N5O3/c1-5-23(38)9-7-6-8-10-26(36-31(39)25-19-32(25)13-15-37(3)16-14-32)30-33-20-28(35-30)24-17-22-12-11-21(2)34-27(22)18-29(24)40-4/h11-12,17-18,20,25-26H,5-10,13-16,19H2,1-4H3,(H,33,35)(H,36,39)/t25-,26+/m1/s1. The number of Topliss-reactive ketones (excluding diaryl/α,β-unsaturated/α-hetero) is 1. The molecule has 2 fully saturated rings. The third-order valence-corrected chi connectivity index (χ3v) is 9.01. The molecule has 2 N–H and O–H groups in total. The fraction of sp³-hybridized carbons (Fsp3) is 0.562. The van der Waals surface area contributed by atoms with Crippen molar-refractivity contribution >= 4 is 22.6 Å². The number of amides is 1. The smallest absolute Gasteiger partial charge is 0.224 e. The van der Waals surface area contributed by atoms with Gasteiger partial charge in [0.15, 0.2) is 0 Å². The van der Waals surface area contributed by atoms with Crippen LogP contribution in [0.1, 0.15) is 82.3 Å². The van der Waals surface area contributed by atoms with E-state index in [0.717, 1.165) is 97.5 Å². The Hall–Kier alpha value is -3.26. The summed E-state index contributed by atoms with van der Waals surface area (Å²) in [5.41, 5.74) is 3.79. The van der Waals surface area contributed by atoms with Gasteiger partial charge in [-0.05, 0) is 76.7 Å². The van der Waals surface area contributed by atoms with E-state index in [2.05, 4.69) is 39.4 Å². The number of nitrogens with one attached hydrogen (secondary N) is 2.